The molecule has 0 aliphatic rings. The first-order valence-electron chi connectivity index (χ1n) is 5.55. The van der Waals surface area contributed by atoms with E-state index in [0.717, 1.165) is 5.39 Å². The molecule has 100 valence electrons. The van der Waals surface area contributed by atoms with E-state index in [-0.39, 0.29) is 12.0 Å². The maximum atomic E-state index is 11.9. The van der Waals surface area contributed by atoms with Crippen LogP contribution in [0.25, 0.3) is 10.9 Å². The lowest BCUT2D eigenvalue weighted by atomic mass is 10.0. The lowest BCUT2D eigenvalue weighted by Gasteiger charge is -2.10. The highest BCUT2D eigenvalue weighted by Gasteiger charge is 2.14. The van der Waals surface area contributed by atoms with Crippen molar-refractivity contribution in [3.63, 3.8) is 0 Å². The summed E-state index contributed by atoms with van der Waals surface area (Å²) >= 11 is 5.99. The maximum absolute atomic E-state index is 11.9. The first-order chi connectivity index (χ1) is 8.93. The second-order valence-electron chi connectivity index (χ2n) is 4.16. The van der Waals surface area contributed by atoms with E-state index in [0.29, 0.717) is 21.9 Å². The fourth-order valence-electron chi connectivity index (χ4n) is 2.02. The zero-order valence-electron chi connectivity index (χ0n) is 10.4. The van der Waals surface area contributed by atoms with E-state index in [1.54, 1.807) is 19.1 Å². The fourth-order valence-corrected chi connectivity index (χ4v) is 2.26. The van der Waals surface area contributed by atoms with Gasteiger partial charge in [0.05, 0.1) is 24.1 Å². The zero-order valence-corrected chi connectivity index (χ0v) is 11.2. The van der Waals surface area contributed by atoms with Gasteiger partial charge < -0.3 is 14.8 Å². The molecule has 1 heterocycles. The topological polar surface area (TPSA) is 79.4 Å². The number of pyridine rings is 1. The number of methoxy groups -OCH3 is 1. The lowest BCUT2D eigenvalue weighted by Crippen LogP contribution is -2.18. The molecule has 0 unspecified atom stereocenters. The van der Waals surface area contributed by atoms with Gasteiger partial charge in [0, 0.05) is 10.9 Å². The SMILES string of the molecule is COc1cc2c(C)c(CC(=O)O)c(=O)[nH]c2cc1Cl. The summed E-state index contributed by atoms with van der Waals surface area (Å²) in [6.45, 7) is 1.71. The van der Waals surface area contributed by atoms with Crippen LogP contribution in [0.1, 0.15) is 11.1 Å². The Labute approximate surface area is 113 Å². The predicted octanol–water partition coefficient (Wildman–Crippen LogP) is 2.13. The number of aromatic nitrogens is 1. The van der Waals surface area contributed by atoms with Crippen LogP contribution >= 0.6 is 11.6 Å². The van der Waals surface area contributed by atoms with Crippen LogP contribution < -0.4 is 10.3 Å². The number of benzene rings is 1. The first-order valence-corrected chi connectivity index (χ1v) is 5.92. The lowest BCUT2D eigenvalue weighted by molar-refractivity contribution is -0.136. The van der Waals surface area contributed by atoms with Crippen molar-refractivity contribution in [2.45, 2.75) is 13.3 Å². The van der Waals surface area contributed by atoms with E-state index in [1.165, 1.54) is 7.11 Å². The van der Waals surface area contributed by atoms with Crippen molar-refractivity contribution >= 4 is 28.5 Å². The standard InChI is InChI=1S/C13H12ClNO4/c1-6-7-3-11(19-2)9(14)5-10(7)15-13(18)8(6)4-12(16)17/h3,5H,4H2,1-2H3,(H,15,18)(H,16,17). The van der Waals surface area contributed by atoms with Gasteiger partial charge in [-0.3, -0.25) is 9.59 Å². The Balaban J connectivity index is 2.78. The third-order valence-corrected chi connectivity index (χ3v) is 3.29. The van der Waals surface area contributed by atoms with Gasteiger partial charge in [-0.1, -0.05) is 11.6 Å². The molecule has 0 aliphatic heterocycles. The fraction of sp³-hybridized carbons (Fsp3) is 0.231. The molecule has 0 fully saturated rings. The van der Waals surface area contributed by atoms with E-state index in [2.05, 4.69) is 4.98 Å². The minimum atomic E-state index is -1.05. The second-order valence-corrected chi connectivity index (χ2v) is 4.57. The third kappa shape index (κ3) is 2.42. The van der Waals surface area contributed by atoms with Crippen LogP contribution in [0.4, 0.5) is 0 Å². The molecule has 0 aliphatic carbocycles. The number of carboxylic acid groups (broad SMARTS) is 1. The molecule has 0 atom stereocenters. The van der Waals surface area contributed by atoms with Gasteiger partial charge in [-0.05, 0) is 24.6 Å². The van der Waals surface area contributed by atoms with Crippen LogP contribution in [0, 0.1) is 6.92 Å². The summed E-state index contributed by atoms with van der Waals surface area (Å²) in [5.41, 5.74) is 1.01. The average molecular weight is 282 g/mol. The molecule has 0 amide bonds. The molecule has 2 N–H and O–H groups in total. The molecule has 0 saturated carbocycles. The molecule has 0 bridgehead atoms. The summed E-state index contributed by atoms with van der Waals surface area (Å²) in [5, 5.41) is 9.94. The van der Waals surface area contributed by atoms with Crippen molar-refractivity contribution in [2.24, 2.45) is 0 Å². The Morgan fingerprint density at radius 3 is 2.74 bits per heavy atom. The predicted molar refractivity (Wildman–Crippen MR) is 72.2 cm³/mol. The van der Waals surface area contributed by atoms with E-state index >= 15 is 0 Å². The minimum Gasteiger partial charge on any atom is -0.495 e. The molecule has 19 heavy (non-hydrogen) atoms. The highest BCUT2D eigenvalue weighted by Crippen LogP contribution is 2.30. The number of ether oxygens (including phenoxy) is 1. The van der Waals surface area contributed by atoms with Crippen LogP contribution in [0.15, 0.2) is 16.9 Å². The van der Waals surface area contributed by atoms with Gasteiger partial charge in [-0.2, -0.15) is 0 Å². The summed E-state index contributed by atoms with van der Waals surface area (Å²) in [5.74, 6) is -0.570. The molecule has 2 rings (SSSR count). The van der Waals surface area contributed by atoms with Gasteiger partial charge >= 0.3 is 5.97 Å². The van der Waals surface area contributed by atoms with Crippen molar-refractivity contribution in [2.75, 3.05) is 7.11 Å². The largest absolute Gasteiger partial charge is 0.495 e. The molecular formula is C13H12ClNO4. The molecule has 1 aromatic heterocycles. The van der Waals surface area contributed by atoms with E-state index in [9.17, 15) is 9.59 Å². The number of carboxylic acids is 1. The Kier molecular flexibility index (Phi) is 3.48. The van der Waals surface area contributed by atoms with Gasteiger partial charge in [-0.25, -0.2) is 0 Å². The monoisotopic (exact) mass is 281 g/mol. The van der Waals surface area contributed by atoms with E-state index in [4.69, 9.17) is 21.4 Å². The number of rotatable bonds is 3. The number of aryl methyl sites for hydroxylation is 1. The summed E-state index contributed by atoms with van der Waals surface area (Å²) < 4.78 is 5.12. The number of aromatic amines is 1. The molecule has 0 saturated heterocycles. The van der Waals surface area contributed by atoms with Crippen LogP contribution in [-0.2, 0) is 11.2 Å². The van der Waals surface area contributed by atoms with Crippen LogP contribution in [-0.4, -0.2) is 23.2 Å². The first kappa shape index (κ1) is 13.4. The van der Waals surface area contributed by atoms with Crippen molar-refractivity contribution in [3.05, 3.63) is 38.6 Å². The molecule has 0 radical (unpaired) electrons. The number of nitrogens with one attached hydrogen (secondary N) is 1. The average Bonchev–Trinajstić information content (AvgIpc) is 2.33. The molecule has 5 nitrogen and oxygen atoms in total. The Hall–Kier alpha value is -2.01. The third-order valence-electron chi connectivity index (χ3n) is 3.00. The highest BCUT2D eigenvalue weighted by atomic mass is 35.5. The van der Waals surface area contributed by atoms with Gasteiger partial charge in [0.2, 0.25) is 0 Å². The number of fused-ring (bicyclic) bond motifs is 1. The summed E-state index contributed by atoms with van der Waals surface area (Å²) in [4.78, 5) is 25.3. The molecule has 2 aromatic rings. The maximum Gasteiger partial charge on any atom is 0.308 e. The van der Waals surface area contributed by atoms with Gasteiger partial charge in [0.25, 0.3) is 5.56 Å². The Morgan fingerprint density at radius 1 is 1.47 bits per heavy atom. The minimum absolute atomic E-state index is 0.240. The van der Waals surface area contributed by atoms with Crippen LogP contribution in [0.5, 0.6) is 5.75 Å². The van der Waals surface area contributed by atoms with Gasteiger partial charge in [-0.15, -0.1) is 0 Å². The number of halogens is 1. The number of hydrogen-bond acceptors (Lipinski definition) is 3. The van der Waals surface area contributed by atoms with Gasteiger partial charge in [0.15, 0.2) is 0 Å². The number of aliphatic carboxylic acids is 1. The van der Waals surface area contributed by atoms with Crippen LogP contribution in [0.3, 0.4) is 0 Å². The molecule has 0 spiro atoms. The van der Waals surface area contributed by atoms with Crippen molar-refractivity contribution in [3.8, 4) is 5.75 Å². The molecule has 1 aromatic carbocycles. The molecular weight excluding hydrogens is 270 g/mol. The zero-order chi connectivity index (χ0) is 14.2. The van der Waals surface area contributed by atoms with Crippen molar-refractivity contribution < 1.29 is 14.6 Å². The molecule has 6 heteroatoms. The van der Waals surface area contributed by atoms with E-state index < -0.39 is 11.5 Å². The number of carbonyl (C=O) groups is 1. The Morgan fingerprint density at radius 2 is 2.16 bits per heavy atom. The second kappa shape index (κ2) is 4.93. The summed E-state index contributed by atoms with van der Waals surface area (Å²) in [6, 6.07) is 3.28. The van der Waals surface area contributed by atoms with Crippen LogP contribution in [0.2, 0.25) is 5.02 Å². The number of H-pyrrole nitrogens is 1. The van der Waals surface area contributed by atoms with Crippen molar-refractivity contribution in [1.29, 1.82) is 0 Å². The summed E-state index contributed by atoms with van der Waals surface area (Å²) in [6.07, 6.45) is -0.317. The Bertz CT molecular complexity index is 721. The van der Waals surface area contributed by atoms with Gasteiger partial charge in [0.1, 0.15) is 5.75 Å². The quantitative estimate of drug-likeness (QED) is 0.903. The summed E-state index contributed by atoms with van der Waals surface area (Å²) in [7, 11) is 1.49. The van der Waals surface area contributed by atoms with E-state index in [1.807, 2.05) is 0 Å². The normalized spacial score (nSPS) is 10.7. The highest BCUT2D eigenvalue weighted by molar-refractivity contribution is 6.32. The van der Waals surface area contributed by atoms with Crippen molar-refractivity contribution in [1.82, 2.24) is 4.98 Å². The smallest absolute Gasteiger partial charge is 0.308 e. The number of hydrogen-bond donors (Lipinski definition) is 2.